The highest BCUT2D eigenvalue weighted by Crippen LogP contribution is 2.11. The number of Topliss-reactive ketones (excluding diaryl/α,β-unsaturated/α-hetero) is 1. The number of hydrogen-bond donors (Lipinski definition) is 1. The van der Waals surface area contributed by atoms with Gasteiger partial charge in [0.05, 0.1) is 5.69 Å². The Kier molecular flexibility index (Phi) is 4.30. The van der Waals surface area contributed by atoms with Gasteiger partial charge >= 0.3 is 0 Å². The first-order valence-corrected chi connectivity index (χ1v) is 6.36. The van der Waals surface area contributed by atoms with Gasteiger partial charge in [0.1, 0.15) is 6.26 Å². The van der Waals surface area contributed by atoms with E-state index in [1.807, 2.05) is 0 Å². The van der Waals surface area contributed by atoms with Gasteiger partial charge in [0.25, 0.3) is 0 Å². The predicted octanol–water partition coefficient (Wildman–Crippen LogP) is 2.76. The summed E-state index contributed by atoms with van der Waals surface area (Å²) >= 11 is 0. The maximum Gasteiger partial charge on any atom is 0.224 e. The number of ketones is 1. The van der Waals surface area contributed by atoms with Gasteiger partial charge in [0.2, 0.25) is 5.91 Å². The molecule has 0 aliphatic rings. The molecule has 0 bridgehead atoms. The number of hydrogen-bond acceptors (Lipinski definition) is 4. The maximum atomic E-state index is 11.8. The van der Waals surface area contributed by atoms with E-state index < -0.39 is 0 Å². The zero-order valence-electron chi connectivity index (χ0n) is 11.5. The first kappa shape index (κ1) is 14.0. The van der Waals surface area contributed by atoms with Crippen molar-refractivity contribution in [1.29, 1.82) is 0 Å². The topological polar surface area (TPSA) is 72.2 Å². The van der Waals surface area contributed by atoms with Gasteiger partial charge in [0, 0.05) is 31.0 Å². The Bertz CT molecular complexity index is 614. The molecule has 0 aliphatic carbocycles. The first-order valence-electron chi connectivity index (χ1n) is 6.36. The molecular formula is C15H16N2O3. The van der Waals surface area contributed by atoms with Crippen molar-refractivity contribution < 1.29 is 14.0 Å². The number of nitrogens with one attached hydrogen (secondary N) is 1. The number of nitrogens with zero attached hydrogens (tertiary/aromatic N) is 1. The monoisotopic (exact) mass is 272 g/mol. The Labute approximate surface area is 117 Å². The third-order valence-corrected chi connectivity index (χ3v) is 2.85. The fourth-order valence-electron chi connectivity index (χ4n) is 1.78. The lowest BCUT2D eigenvalue weighted by Gasteiger charge is -2.05. The molecule has 104 valence electrons. The molecule has 0 saturated carbocycles. The molecule has 1 aromatic heterocycles. The smallest absolute Gasteiger partial charge is 0.224 e. The van der Waals surface area contributed by atoms with Crippen LogP contribution in [-0.2, 0) is 11.2 Å². The van der Waals surface area contributed by atoms with E-state index in [4.69, 9.17) is 4.42 Å². The van der Waals surface area contributed by atoms with Crippen LogP contribution in [0.1, 0.15) is 35.3 Å². The van der Waals surface area contributed by atoms with Crippen molar-refractivity contribution in [2.45, 2.75) is 26.7 Å². The van der Waals surface area contributed by atoms with Crippen LogP contribution in [0.4, 0.5) is 5.69 Å². The lowest BCUT2D eigenvalue weighted by Crippen LogP contribution is -2.12. The van der Waals surface area contributed by atoms with Crippen molar-refractivity contribution in [3.8, 4) is 0 Å². The van der Waals surface area contributed by atoms with Gasteiger partial charge in [-0.2, -0.15) is 0 Å². The molecular weight excluding hydrogens is 256 g/mol. The summed E-state index contributed by atoms with van der Waals surface area (Å²) in [6.45, 7) is 3.27. The van der Waals surface area contributed by atoms with E-state index >= 15 is 0 Å². The first-order chi connectivity index (χ1) is 9.54. The minimum absolute atomic E-state index is 0.00396. The van der Waals surface area contributed by atoms with Crippen molar-refractivity contribution >= 4 is 17.4 Å². The summed E-state index contributed by atoms with van der Waals surface area (Å²) < 4.78 is 5.08. The van der Waals surface area contributed by atoms with Gasteiger partial charge in [-0.15, -0.1) is 0 Å². The Morgan fingerprint density at radius 2 is 1.95 bits per heavy atom. The summed E-state index contributed by atoms with van der Waals surface area (Å²) in [6, 6.07) is 6.82. The third-order valence-electron chi connectivity index (χ3n) is 2.85. The summed E-state index contributed by atoms with van der Waals surface area (Å²) in [5, 5.41) is 2.78. The Morgan fingerprint density at radius 3 is 2.50 bits per heavy atom. The highest BCUT2D eigenvalue weighted by Gasteiger charge is 2.06. The number of anilines is 1. The van der Waals surface area contributed by atoms with Gasteiger partial charge in [-0.05, 0) is 31.2 Å². The van der Waals surface area contributed by atoms with Crippen molar-refractivity contribution in [2.24, 2.45) is 0 Å². The largest absolute Gasteiger partial charge is 0.449 e. The standard InChI is InChI=1S/C15H16N2O3/c1-10(18)12-3-5-13(6-4-12)17-15(19)8-7-14-9-20-11(2)16-14/h3-6,9H,7-8H2,1-2H3,(H,17,19). The van der Waals surface area contributed by atoms with Gasteiger partial charge in [-0.3, -0.25) is 9.59 Å². The molecule has 1 aromatic carbocycles. The molecule has 5 heteroatoms. The Balaban J connectivity index is 1.86. The molecule has 0 saturated heterocycles. The zero-order chi connectivity index (χ0) is 14.5. The van der Waals surface area contributed by atoms with Crippen LogP contribution in [-0.4, -0.2) is 16.7 Å². The van der Waals surface area contributed by atoms with E-state index in [1.165, 1.54) is 6.92 Å². The summed E-state index contributed by atoms with van der Waals surface area (Å²) in [5.74, 6) is 0.505. The second-order valence-electron chi connectivity index (χ2n) is 4.54. The molecule has 1 N–H and O–H groups in total. The lowest BCUT2D eigenvalue weighted by atomic mass is 10.1. The second-order valence-corrected chi connectivity index (χ2v) is 4.54. The average molecular weight is 272 g/mol. The molecule has 2 aromatic rings. The van der Waals surface area contributed by atoms with Crippen LogP contribution in [0.15, 0.2) is 34.9 Å². The SMILES string of the molecule is CC(=O)c1ccc(NC(=O)CCc2coc(C)n2)cc1. The fraction of sp³-hybridized carbons (Fsp3) is 0.267. The number of carbonyl (C=O) groups is 2. The van der Waals surface area contributed by atoms with Gasteiger partial charge < -0.3 is 9.73 Å². The van der Waals surface area contributed by atoms with E-state index in [9.17, 15) is 9.59 Å². The Morgan fingerprint density at radius 1 is 1.25 bits per heavy atom. The fourth-order valence-corrected chi connectivity index (χ4v) is 1.78. The van der Waals surface area contributed by atoms with Crippen LogP contribution in [0.2, 0.25) is 0 Å². The molecule has 0 radical (unpaired) electrons. The van der Waals surface area contributed by atoms with Crippen molar-refractivity contribution in [2.75, 3.05) is 5.32 Å². The number of aromatic nitrogens is 1. The molecule has 0 unspecified atom stereocenters. The normalized spacial score (nSPS) is 10.3. The highest BCUT2D eigenvalue weighted by atomic mass is 16.3. The Hall–Kier alpha value is -2.43. The molecule has 0 spiro atoms. The maximum absolute atomic E-state index is 11.8. The molecule has 0 fully saturated rings. The van der Waals surface area contributed by atoms with Crippen molar-refractivity contribution in [3.63, 3.8) is 0 Å². The molecule has 20 heavy (non-hydrogen) atoms. The summed E-state index contributed by atoms with van der Waals surface area (Å²) in [4.78, 5) is 27.0. The summed E-state index contributed by atoms with van der Waals surface area (Å²) in [7, 11) is 0. The molecule has 0 aliphatic heterocycles. The summed E-state index contributed by atoms with van der Waals surface area (Å²) in [5.41, 5.74) is 2.07. The number of amides is 1. The van der Waals surface area contributed by atoms with Crippen LogP contribution in [0.3, 0.4) is 0 Å². The van der Waals surface area contributed by atoms with Crippen LogP contribution < -0.4 is 5.32 Å². The minimum atomic E-state index is -0.0961. The van der Waals surface area contributed by atoms with Crippen LogP contribution in [0.25, 0.3) is 0 Å². The number of carbonyl (C=O) groups excluding carboxylic acids is 2. The molecule has 2 rings (SSSR count). The molecule has 1 heterocycles. The zero-order valence-corrected chi connectivity index (χ0v) is 11.5. The van der Waals surface area contributed by atoms with E-state index in [-0.39, 0.29) is 11.7 Å². The van der Waals surface area contributed by atoms with E-state index in [2.05, 4.69) is 10.3 Å². The molecule has 5 nitrogen and oxygen atoms in total. The van der Waals surface area contributed by atoms with Gasteiger partial charge in [-0.1, -0.05) is 0 Å². The van der Waals surface area contributed by atoms with Crippen molar-refractivity contribution in [1.82, 2.24) is 4.98 Å². The highest BCUT2D eigenvalue weighted by molar-refractivity contribution is 5.95. The van der Waals surface area contributed by atoms with Crippen LogP contribution in [0.5, 0.6) is 0 Å². The second kappa shape index (κ2) is 6.14. The number of oxazole rings is 1. The number of benzene rings is 1. The van der Waals surface area contributed by atoms with Gasteiger partial charge in [-0.25, -0.2) is 4.98 Å². The number of aryl methyl sites for hydroxylation is 2. The lowest BCUT2D eigenvalue weighted by molar-refractivity contribution is -0.116. The van der Waals surface area contributed by atoms with E-state index in [0.29, 0.717) is 30.0 Å². The van der Waals surface area contributed by atoms with Crippen molar-refractivity contribution in [3.05, 3.63) is 47.7 Å². The third kappa shape index (κ3) is 3.78. The quantitative estimate of drug-likeness (QED) is 0.849. The van der Waals surface area contributed by atoms with Crippen LogP contribution in [0, 0.1) is 6.92 Å². The number of rotatable bonds is 5. The van der Waals surface area contributed by atoms with Gasteiger partial charge in [0.15, 0.2) is 11.7 Å². The molecule has 0 atom stereocenters. The van der Waals surface area contributed by atoms with Crippen LogP contribution >= 0.6 is 0 Å². The van der Waals surface area contributed by atoms with E-state index in [0.717, 1.165) is 5.69 Å². The summed E-state index contributed by atoms with van der Waals surface area (Å²) in [6.07, 6.45) is 2.43. The average Bonchev–Trinajstić information content (AvgIpc) is 2.83. The van der Waals surface area contributed by atoms with E-state index in [1.54, 1.807) is 37.5 Å². The predicted molar refractivity (Wildman–Crippen MR) is 74.6 cm³/mol. The minimum Gasteiger partial charge on any atom is -0.449 e. The molecule has 1 amide bonds.